The van der Waals surface area contributed by atoms with Gasteiger partial charge in [-0.15, -0.1) is 0 Å². The van der Waals surface area contributed by atoms with Gasteiger partial charge in [0.2, 0.25) is 5.88 Å². The van der Waals surface area contributed by atoms with Gasteiger partial charge in [-0.25, -0.2) is 4.98 Å². The van der Waals surface area contributed by atoms with E-state index >= 15 is 0 Å². The van der Waals surface area contributed by atoms with E-state index in [1.54, 1.807) is 19.4 Å². The van der Waals surface area contributed by atoms with Crippen LogP contribution in [0.2, 0.25) is 0 Å². The normalized spacial score (nSPS) is 12.5. The van der Waals surface area contributed by atoms with Crippen molar-refractivity contribution in [1.29, 1.82) is 0 Å². The van der Waals surface area contributed by atoms with Crippen molar-refractivity contribution in [1.82, 2.24) is 4.98 Å². The highest BCUT2D eigenvalue weighted by Crippen LogP contribution is 2.20. The Morgan fingerprint density at radius 1 is 1.40 bits per heavy atom. The van der Waals surface area contributed by atoms with Crippen LogP contribution < -0.4 is 4.74 Å². The molecule has 3 heteroatoms. The zero-order chi connectivity index (χ0) is 11.1. The van der Waals surface area contributed by atoms with Gasteiger partial charge in [0.05, 0.1) is 13.2 Å². The molecule has 1 unspecified atom stereocenters. The molecule has 1 rings (SSSR count). The molecule has 0 saturated heterocycles. The summed E-state index contributed by atoms with van der Waals surface area (Å²) < 4.78 is 4.95. The Bertz CT molecular complexity index is 271. The van der Waals surface area contributed by atoms with Gasteiger partial charge >= 0.3 is 0 Å². The summed E-state index contributed by atoms with van der Waals surface area (Å²) in [6.45, 7) is 2.15. The van der Waals surface area contributed by atoms with E-state index in [2.05, 4.69) is 11.9 Å². The topological polar surface area (TPSA) is 42.4 Å². The highest BCUT2D eigenvalue weighted by atomic mass is 16.5. The summed E-state index contributed by atoms with van der Waals surface area (Å²) in [6, 6.07) is 3.64. The van der Waals surface area contributed by atoms with Gasteiger partial charge in [0, 0.05) is 12.3 Å². The summed E-state index contributed by atoms with van der Waals surface area (Å²) in [7, 11) is 1.58. The van der Waals surface area contributed by atoms with E-state index < -0.39 is 6.10 Å². The Kier molecular flexibility index (Phi) is 5.12. The van der Waals surface area contributed by atoms with Crippen molar-refractivity contribution in [3.05, 3.63) is 23.9 Å². The molecule has 1 aromatic heterocycles. The number of hydrogen-bond donors (Lipinski definition) is 1. The van der Waals surface area contributed by atoms with Gasteiger partial charge in [0.15, 0.2) is 0 Å². The number of ether oxygens (including phenoxy) is 1. The first-order valence-corrected chi connectivity index (χ1v) is 5.46. The first-order valence-electron chi connectivity index (χ1n) is 5.46. The first kappa shape index (κ1) is 12.0. The van der Waals surface area contributed by atoms with Crippen LogP contribution in [0.4, 0.5) is 0 Å². The average Bonchev–Trinajstić information content (AvgIpc) is 2.29. The molecule has 1 atom stereocenters. The second-order valence-electron chi connectivity index (χ2n) is 3.65. The number of aromatic nitrogens is 1. The second-order valence-corrected chi connectivity index (χ2v) is 3.65. The summed E-state index contributed by atoms with van der Waals surface area (Å²) in [6.07, 6.45) is 5.49. The third kappa shape index (κ3) is 3.88. The van der Waals surface area contributed by atoms with Gasteiger partial charge in [0.25, 0.3) is 0 Å². The van der Waals surface area contributed by atoms with Crippen molar-refractivity contribution in [2.45, 2.75) is 38.7 Å². The van der Waals surface area contributed by atoms with Crippen LogP contribution in [0.1, 0.15) is 44.3 Å². The zero-order valence-electron chi connectivity index (χ0n) is 9.44. The Balaban J connectivity index is 2.46. The molecule has 84 valence electrons. The van der Waals surface area contributed by atoms with Crippen LogP contribution in [0.3, 0.4) is 0 Å². The molecule has 0 fully saturated rings. The van der Waals surface area contributed by atoms with Crippen LogP contribution in [0.5, 0.6) is 5.88 Å². The minimum atomic E-state index is -0.394. The number of aliphatic hydroxyl groups is 1. The van der Waals surface area contributed by atoms with Crippen molar-refractivity contribution in [2.24, 2.45) is 0 Å². The largest absolute Gasteiger partial charge is 0.481 e. The van der Waals surface area contributed by atoms with Crippen molar-refractivity contribution >= 4 is 0 Å². The number of nitrogens with zero attached hydrogens (tertiary/aromatic N) is 1. The predicted molar refractivity (Wildman–Crippen MR) is 59.9 cm³/mol. The van der Waals surface area contributed by atoms with Crippen LogP contribution in [0.25, 0.3) is 0 Å². The predicted octanol–water partition coefficient (Wildman–Crippen LogP) is 2.70. The molecule has 3 nitrogen and oxygen atoms in total. The lowest BCUT2D eigenvalue weighted by molar-refractivity contribution is 0.163. The van der Waals surface area contributed by atoms with E-state index in [9.17, 15) is 5.11 Å². The van der Waals surface area contributed by atoms with Gasteiger partial charge in [-0.05, 0) is 18.1 Å². The average molecular weight is 209 g/mol. The van der Waals surface area contributed by atoms with E-state index in [0.717, 1.165) is 18.4 Å². The highest BCUT2D eigenvalue weighted by Gasteiger charge is 2.07. The van der Waals surface area contributed by atoms with E-state index in [-0.39, 0.29) is 0 Å². The molecule has 1 aromatic rings. The monoisotopic (exact) mass is 209 g/mol. The van der Waals surface area contributed by atoms with Crippen LogP contribution >= 0.6 is 0 Å². The molecule has 0 amide bonds. The summed E-state index contributed by atoms with van der Waals surface area (Å²) >= 11 is 0. The van der Waals surface area contributed by atoms with Gasteiger partial charge in [-0.1, -0.05) is 26.2 Å². The number of aliphatic hydroxyl groups excluding tert-OH is 1. The minimum Gasteiger partial charge on any atom is -0.481 e. The molecule has 1 N–H and O–H groups in total. The fourth-order valence-corrected chi connectivity index (χ4v) is 1.46. The SMILES string of the molecule is CCCCCC(O)c1ccc(OC)nc1. The van der Waals surface area contributed by atoms with Gasteiger partial charge < -0.3 is 9.84 Å². The smallest absolute Gasteiger partial charge is 0.212 e. The summed E-state index contributed by atoms with van der Waals surface area (Å²) in [4.78, 5) is 4.06. The van der Waals surface area contributed by atoms with E-state index in [1.807, 2.05) is 6.07 Å². The maximum Gasteiger partial charge on any atom is 0.212 e. The molecule has 0 bridgehead atoms. The quantitative estimate of drug-likeness (QED) is 0.732. The molecule has 0 aliphatic carbocycles. The second kappa shape index (κ2) is 6.40. The fourth-order valence-electron chi connectivity index (χ4n) is 1.46. The summed E-state index contributed by atoms with van der Waals surface area (Å²) in [5.41, 5.74) is 0.868. The standard InChI is InChI=1S/C12H19NO2/c1-3-4-5-6-11(14)10-7-8-12(15-2)13-9-10/h7-9,11,14H,3-6H2,1-2H3. The molecule has 1 heterocycles. The fraction of sp³-hybridized carbons (Fsp3) is 0.583. The number of unbranched alkanes of at least 4 members (excludes halogenated alkanes) is 2. The van der Waals surface area contributed by atoms with Gasteiger partial charge in [0.1, 0.15) is 0 Å². The molecular formula is C12H19NO2. The molecule has 15 heavy (non-hydrogen) atoms. The van der Waals surface area contributed by atoms with Gasteiger partial charge in [-0.2, -0.15) is 0 Å². The van der Waals surface area contributed by atoms with Crippen LogP contribution in [-0.4, -0.2) is 17.2 Å². The van der Waals surface area contributed by atoms with E-state index in [1.165, 1.54) is 12.8 Å². The Labute approximate surface area is 91.1 Å². The number of methoxy groups -OCH3 is 1. The minimum absolute atomic E-state index is 0.394. The third-order valence-corrected chi connectivity index (χ3v) is 2.43. The van der Waals surface area contributed by atoms with Crippen molar-refractivity contribution in [3.63, 3.8) is 0 Å². The lowest BCUT2D eigenvalue weighted by atomic mass is 10.1. The lowest BCUT2D eigenvalue weighted by Gasteiger charge is -2.10. The Hall–Kier alpha value is -1.09. The maximum absolute atomic E-state index is 9.83. The maximum atomic E-state index is 9.83. The number of rotatable bonds is 6. The summed E-state index contributed by atoms with van der Waals surface area (Å²) in [5, 5.41) is 9.83. The van der Waals surface area contributed by atoms with E-state index in [4.69, 9.17) is 4.74 Å². The Morgan fingerprint density at radius 2 is 2.20 bits per heavy atom. The molecule has 0 saturated carbocycles. The highest BCUT2D eigenvalue weighted by molar-refractivity contribution is 5.19. The van der Waals surface area contributed by atoms with Crippen LogP contribution in [0, 0.1) is 0 Å². The molecule has 0 aliphatic heterocycles. The van der Waals surface area contributed by atoms with Gasteiger partial charge in [-0.3, -0.25) is 0 Å². The number of hydrogen-bond acceptors (Lipinski definition) is 3. The molecule has 0 radical (unpaired) electrons. The molecule has 0 aromatic carbocycles. The lowest BCUT2D eigenvalue weighted by Crippen LogP contribution is -1.98. The molecule has 0 aliphatic rings. The summed E-state index contributed by atoms with van der Waals surface area (Å²) in [5.74, 6) is 0.583. The molecular weight excluding hydrogens is 190 g/mol. The number of pyridine rings is 1. The Morgan fingerprint density at radius 3 is 2.73 bits per heavy atom. The van der Waals surface area contributed by atoms with Crippen LogP contribution in [-0.2, 0) is 0 Å². The van der Waals surface area contributed by atoms with Crippen LogP contribution in [0.15, 0.2) is 18.3 Å². The third-order valence-electron chi connectivity index (χ3n) is 2.43. The first-order chi connectivity index (χ1) is 7.27. The van der Waals surface area contributed by atoms with E-state index in [0.29, 0.717) is 5.88 Å². The zero-order valence-corrected chi connectivity index (χ0v) is 9.44. The van der Waals surface area contributed by atoms with Crippen molar-refractivity contribution < 1.29 is 9.84 Å². The van der Waals surface area contributed by atoms with Crippen molar-refractivity contribution in [3.8, 4) is 5.88 Å². The molecule has 0 spiro atoms. The van der Waals surface area contributed by atoms with Crippen molar-refractivity contribution in [2.75, 3.05) is 7.11 Å².